The zero-order chi connectivity index (χ0) is 22.8. The summed E-state index contributed by atoms with van der Waals surface area (Å²) in [6.45, 7) is 1.08. The lowest BCUT2D eigenvalue weighted by Crippen LogP contribution is -2.48. The van der Waals surface area contributed by atoms with Crippen LogP contribution in [0.5, 0.6) is 0 Å². The number of fused-ring (bicyclic) bond motifs is 1. The minimum absolute atomic E-state index is 0.0505. The Morgan fingerprint density at radius 3 is 2.66 bits per heavy atom. The standard InChI is InChI=1S/C20H17BrClF2N5O3/c21-16-12(22)8-11-18(17(16)24)26-15(10-32-9-14-13(23)2-1-3-25-14)27-19(11)28-4-6-29(7-5-28)20(30)31/h1-3,8H,4-7,9-10H2,(H,30,31). The van der Waals surface area contributed by atoms with Crippen LogP contribution in [0.15, 0.2) is 28.9 Å². The third-order valence-corrected chi connectivity index (χ3v) is 6.31. The van der Waals surface area contributed by atoms with Crippen LogP contribution in [-0.2, 0) is 18.0 Å². The highest BCUT2D eigenvalue weighted by atomic mass is 79.9. The molecule has 1 N–H and O–H groups in total. The highest BCUT2D eigenvalue weighted by Gasteiger charge is 2.25. The predicted octanol–water partition coefficient (Wildman–Crippen LogP) is 4.24. The molecule has 2 aromatic heterocycles. The Labute approximate surface area is 194 Å². The number of aromatic nitrogens is 3. The zero-order valence-electron chi connectivity index (χ0n) is 16.6. The van der Waals surface area contributed by atoms with Gasteiger partial charge in [0.15, 0.2) is 11.6 Å². The minimum Gasteiger partial charge on any atom is -0.465 e. The number of amides is 1. The summed E-state index contributed by atoms with van der Waals surface area (Å²) in [5.74, 6) is -0.514. The van der Waals surface area contributed by atoms with E-state index in [4.69, 9.17) is 16.3 Å². The maximum atomic E-state index is 15.0. The molecule has 168 valence electrons. The van der Waals surface area contributed by atoms with Crippen LogP contribution in [0, 0.1) is 11.6 Å². The lowest BCUT2D eigenvalue weighted by Gasteiger charge is -2.34. The average molecular weight is 529 g/mol. The van der Waals surface area contributed by atoms with Crippen molar-refractivity contribution in [3.05, 3.63) is 57.0 Å². The molecule has 1 saturated heterocycles. The lowest BCUT2D eigenvalue weighted by atomic mass is 10.2. The second-order valence-corrected chi connectivity index (χ2v) is 8.23. The van der Waals surface area contributed by atoms with Crippen molar-refractivity contribution < 1.29 is 23.4 Å². The van der Waals surface area contributed by atoms with E-state index < -0.39 is 17.7 Å². The van der Waals surface area contributed by atoms with E-state index in [2.05, 4.69) is 30.9 Å². The Hall–Kier alpha value is -2.63. The van der Waals surface area contributed by atoms with Gasteiger partial charge in [-0.1, -0.05) is 11.6 Å². The molecule has 1 aliphatic heterocycles. The summed E-state index contributed by atoms with van der Waals surface area (Å²) in [6, 6.07) is 4.33. The largest absolute Gasteiger partial charge is 0.465 e. The Balaban J connectivity index is 1.65. The molecule has 0 bridgehead atoms. The van der Waals surface area contributed by atoms with Crippen molar-refractivity contribution in [2.24, 2.45) is 0 Å². The first-order chi connectivity index (χ1) is 15.3. The summed E-state index contributed by atoms with van der Waals surface area (Å²) in [7, 11) is 0. The summed E-state index contributed by atoms with van der Waals surface area (Å²) < 4.78 is 34.3. The molecule has 1 aromatic carbocycles. The van der Waals surface area contributed by atoms with Crippen molar-refractivity contribution in [3.63, 3.8) is 0 Å². The monoisotopic (exact) mass is 527 g/mol. The first kappa shape index (κ1) is 22.6. The van der Waals surface area contributed by atoms with Crippen LogP contribution in [0.1, 0.15) is 11.5 Å². The maximum absolute atomic E-state index is 15.0. The number of ether oxygens (including phenoxy) is 1. The van der Waals surface area contributed by atoms with Crippen molar-refractivity contribution in [1.29, 1.82) is 0 Å². The normalized spacial score (nSPS) is 14.2. The average Bonchev–Trinajstić information content (AvgIpc) is 2.79. The highest BCUT2D eigenvalue weighted by molar-refractivity contribution is 9.10. The van der Waals surface area contributed by atoms with Crippen LogP contribution >= 0.6 is 27.5 Å². The zero-order valence-corrected chi connectivity index (χ0v) is 18.9. The Morgan fingerprint density at radius 1 is 1.22 bits per heavy atom. The number of pyridine rings is 1. The third kappa shape index (κ3) is 4.59. The molecule has 0 unspecified atom stereocenters. The molecule has 0 radical (unpaired) electrons. The molecule has 1 aliphatic rings. The van der Waals surface area contributed by atoms with Gasteiger partial charge >= 0.3 is 6.09 Å². The molecule has 0 spiro atoms. The van der Waals surface area contributed by atoms with Crippen molar-refractivity contribution >= 4 is 50.3 Å². The SMILES string of the molecule is O=C(O)N1CCN(c2nc(COCc3ncccc3F)nc3c(F)c(Br)c(Cl)cc23)CC1. The molecule has 3 heterocycles. The van der Waals surface area contributed by atoms with E-state index in [0.717, 1.165) is 0 Å². The van der Waals surface area contributed by atoms with Gasteiger partial charge in [-0.2, -0.15) is 0 Å². The molecular formula is C20H17BrClF2N5O3. The molecule has 12 heteroatoms. The number of piperazine rings is 1. The minimum atomic E-state index is -0.994. The predicted molar refractivity (Wildman–Crippen MR) is 117 cm³/mol. The van der Waals surface area contributed by atoms with E-state index in [1.165, 1.54) is 23.2 Å². The van der Waals surface area contributed by atoms with Gasteiger partial charge in [0, 0.05) is 37.8 Å². The topological polar surface area (TPSA) is 91.7 Å². The van der Waals surface area contributed by atoms with Crippen molar-refractivity contribution in [1.82, 2.24) is 19.9 Å². The van der Waals surface area contributed by atoms with Gasteiger partial charge in [0.1, 0.15) is 29.5 Å². The molecule has 3 aromatic rings. The molecule has 8 nitrogen and oxygen atoms in total. The maximum Gasteiger partial charge on any atom is 0.407 e. The van der Waals surface area contributed by atoms with Gasteiger partial charge in [0.2, 0.25) is 0 Å². The van der Waals surface area contributed by atoms with Crippen LogP contribution in [-0.4, -0.2) is 57.2 Å². The van der Waals surface area contributed by atoms with E-state index in [1.807, 2.05) is 4.90 Å². The number of rotatable bonds is 5. The van der Waals surface area contributed by atoms with E-state index in [9.17, 15) is 18.7 Å². The van der Waals surface area contributed by atoms with Gasteiger partial charge in [-0.15, -0.1) is 0 Å². The van der Waals surface area contributed by atoms with Crippen LogP contribution in [0.25, 0.3) is 10.9 Å². The molecule has 1 amide bonds. The van der Waals surface area contributed by atoms with E-state index in [1.54, 1.807) is 6.07 Å². The summed E-state index contributed by atoms with van der Waals surface area (Å²) >= 11 is 9.29. The van der Waals surface area contributed by atoms with Gasteiger partial charge in [-0.05, 0) is 34.1 Å². The molecule has 0 saturated carbocycles. The molecule has 32 heavy (non-hydrogen) atoms. The highest BCUT2D eigenvalue weighted by Crippen LogP contribution is 2.35. The first-order valence-electron chi connectivity index (χ1n) is 9.59. The Morgan fingerprint density at radius 2 is 1.97 bits per heavy atom. The fourth-order valence-corrected chi connectivity index (χ4v) is 3.87. The summed E-state index contributed by atoms with van der Waals surface area (Å²) in [5.41, 5.74) is 0.188. The summed E-state index contributed by atoms with van der Waals surface area (Å²) in [6.07, 6.45) is 0.464. The number of anilines is 1. The first-order valence-corrected chi connectivity index (χ1v) is 10.8. The van der Waals surface area contributed by atoms with Gasteiger partial charge in [0.05, 0.1) is 16.1 Å². The Kier molecular flexibility index (Phi) is 6.68. The van der Waals surface area contributed by atoms with E-state index in [0.29, 0.717) is 24.3 Å². The molecule has 0 atom stereocenters. The number of hydrogen-bond donors (Lipinski definition) is 1. The van der Waals surface area contributed by atoms with Crippen LogP contribution in [0.2, 0.25) is 5.02 Å². The van der Waals surface area contributed by atoms with Crippen molar-refractivity contribution in [3.8, 4) is 0 Å². The number of carbonyl (C=O) groups is 1. The number of halogens is 4. The number of benzene rings is 1. The fourth-order valence-electron chi connectivity index (χ4n) is 3.38. The quantitative estimate of drug-likeness (QED) is 0.496. The second kappa shape index (κ2) is 9.47. The van der Waals surface area contributed by atoms with Crippen molar-refractivity contribution in [2.45, 2.75) is 13.2 Å². The lowest BCUT2D eigenvalue weighted by molar-refractivity contribution is 0.0969. The van der Waals surface area contributed by atoms with Crippen LogP contribution < -0.4 is 4.90 Å². The number of nitrogens with zero attached hydrogens (tertiary/aromatic N) is 5. The smallest absolute Gasteiger partial charge is 0.407 e. The molecule has 0 aliphatic carbocycles. The third-order valence-electron chi connectivity index (χ3n) is 5.01. The molecule has 4 rings (SSSR count). The Bertz CT molecular complexity index is 1180. The number of hydrogen-bond acceptors (Lipinski definition) is 6. The van der Waals surface area contributed by atoms with Crippen LogP contribution in [0.4, 0.5) is 19.4 Å². The molecule has 1 fully saturated rings. The van der Waals surface area contributed by atoms with Gasteiger partial charge < -0.3 is 19.6 Å². The fraction of sp³-hybridized carbons (Fsp3) is 0.300. The van der Waals surface area contributed by atoms with Gasteiger partial charge in [-0.3, -0.25) is 4.98 Å². The van der Waals surface area contributed by atoms with Gasteiger partial charge in [0.25, 0.3) is 0 Å². The van der Waals surface area contributed by atoms with E-state index in [-0.39, 0.29) is 52.8 Å². The summed E-state index contributed by atoms with van der Waals surface area (Å²) in [5, 5.41) is 9.75. The van der Waals surface area contributed by atoms with Crippen LogP contribution in [0.3, 0.4) is 0 Å². The second-order valence-electron chi connectivity index (χ2n) is 7.03. The number of carboxylic acid groups (broad SMARTS) is 1. The van der Waals surface area contributed by atoms with Crippen molar-refractivity contribution in [2.75, 3.05) is 31.1 Å². The molecular weight excluding hydrogens is 512 g/mol. The van der Waals surface area contributed by atoms with Gasteiger partial charge in [-0.25, -0.2) is 23.5 Å². The van der Waals surface area contributed by atoms with E-state index >= 15 is 0 Å². The summed E-state index contributed by atoms with van der Waals surface area (Å²) in [4.78, 5) is 27.1.